The van der Waals surface area contributed by atoms with Crippen LogP contribution >= 0.6 is 11.6 Å². The molecule has 0 saturated carbocycles. The number of hydrogen-bond acceptors (Lipinski definition) is 6. The largest absolute Gasteiger partial charge is 0.466 e. The van der Waals surface area contributed by atoms with Gasteiger partial charge in [0.1, 0.15) is 5.88 Å². The molecule has 0 radical (unpaired) electrons. The van der Waals surface area contributed by atoms with Crippen LogP contribution in [0.2, 0.25) is 0 Å². The third-order valence-corrected chi connectivity index (χ3v) is 1.74. The minimum absolute atomic E-state index is 0.367. The van der Waals surface area contributed by atoms with Crippen LogP contribution < -0.4 is 0 Å². The molecular weight excluding hydrogens is 240 g/mol. The molecule has 0 N–H and O–H groups in total. The monoisotopic (exact) mass is 252 g/mol. The Bertz CT molecular complexity index is 286. The van der Waals surface area contributed by atoms with Gasteiger partial charge in [0.2, 0.25) is 5.60 Å². The molecule has 0 rings (SSSR count). The summed E-state index contributed by atoms with van der Waals surface area (Å²) in [5.41, 5.74) is -1.49. The first-order valence-corrected chi connectivity index (χ1v) is 4.88. The molecule has 0 amide bonds. The molecule has 0 aromatic rings. The van der Waals surface area contributed by atoms with E-state index in [4.69, 9.17) is 16.3 Å². The van der Waals surface area contributed by atoms with Gasteiger partial charge >= 0.3 is 17.9 Å². The predicted octanol–water partition coefficient (Wildman–Crippen LogP) is 0.263. The Kier molecular flexibility index (Phi) is 5.81. The van der Waals surface area contributed by atoms with Crippen LogP contribution in [0.4, 0.5) is 0 Å². The van der Waals surface area contributed by atoms with E-state index in [2.05, 4.69) is 9.47 Å². The Labute approximate surface area is 97.8 Å². The molecule has 0 fully saturated rings. The van der Waals surface area contributed by atoms with E-state index in [1.165, 1.54) is 13.8 Å². The van der Waals surface area contributed by atoms with Gasteiger partial charge < -0.3 is 14.2 Å². The molecule has 0 aromatic carbocycles. The fourth-order valence-corrected chi connectivity index (χ4v) is 0.765. The highest BCUT2D eigenvalue weighted by Gasteiger charge is 2.34. The van der Waals surface area contributed by atoms with Crippen molar-refractivity contribution in [1.29, 1.82) is 0 Å². The van der Waals surface area contributed by atoms with Gasteiger partial charge in [0.05, 0.1) is 7.11 Å². The molecule has 0 aliphatic carbocycles. The normalized spacial score (nSPS) is 10.5. The lowest BCUT2D eigenvalue weighted by Gasteiger charge is -2.22. The van der Waals surface area contributed by atoms with Gasteiger partial charge in [0.15, 0.2) is 6.61 Å². The summed E-state index contributed by atoms with van der Waals surface area (Å²) in [6, 6.07) is 0. The van der Waals surface area contributed by atoms with E-state index in [-0.39, 0.29) is 5.88 Å². The van der Waals surface area contributed by atoms with Gasteiger partial charge in [-0.3, -0.25) is 4.79 Å². The molecule has 7 heteroatoms. The summed E-state index contributed by atoms with van der Waals surface area (Å²) in [6.07, 6.45) is 0. The minimum Gasteiger partial charge on any atom is -0.466 e. The number of esters is 3. The summed E-state index contributed by atoms with van der Waals surface area (Å²) in [5.74, 6) is -2.67. The second-order valence-corrected chi connectivity index (χ2v) is 3.54. The van der Waals surface area contributed by atoms with Crippen LogP contribution in [0.1, 0.15) is 13.8 Å². The van der Waals surface area contributed by atoms with Crippen LogP contribution in [0.15, 0.2) is 0 Å². The van der Waals surface area contributed by atoms with E-state index in [1.807, 2.05) is 0 Å². The number of carbonyl (C=O) groups is 3. The zero-order valence-corrected chi connectivity index (χ0v) is 10.00. The molecule has 0 heterocycles. The van der Waals surface area contributed by atoms with Crippen LogP contribution in [0, 0.1) is 0 Å². The molecule has 0 atom stereocenters. The van der Waals surface area contributed by atoms with E-state index in [1.54, 1.807) is 0 Å². The molecule has 0 aromatic heterocycles. The van der Waals surface area contributed by atoms with Crippen LogP contribution in [0.25, 0.3) is 0 Å². The van der Waals surface area contributed by atoms with Crippen LogP contribution in [0.5, 0.6) is 0 Å². The average Bonchev–Trinajstić information content (AvgIpc) is 2.24. The Balaban J connectivity index is 4.24. The van der Waals surface area contributed by atoms with Gasteiger partial charge in [-0.05, 0) is 13.8 Å². The van der Waals surface area contributed by atoms with Gasteiger partial charge in [-0.2, -0.15) is 0 Å². The maximum absolute atomic E-state index is 11.4. The fraction of sp³-hybridized carbons (Fsp3) is 0.667. The van der Waals surface area contributed by atoms with Gasteiger partial charge in [-0.1, -0.05) is 0 Å². The molecule has 6 nitrogen and oxygen atoms in total. The number of carbonyl (C=O) groups excluding carboxylic acids is 3. The fourth-order valence-electron chi connectivity index (χ4n) is 0.711. The molecule has 0 aliphatic rings. The first-order chi connectivity index (χ1) is 7.33. The van der Waals surface area contributed by atoms with Crippen molar-refractivity contribution in [3.63, 3.8) is 0 Å². The maximum Gasteiger partial charge on any atom is 0.350 e. The zero-order chi connectivity index (χ0) is 12.8. The van der Waals surface area contributed by atoms with Crippen molar-refractivity contribution in [2.24, 2.45) is 0 Å². The van der Waals surface area contributed by atoms with Crippen molar-refractivity contribution in [3.05, 3.63) is 0 Å². The van der Waals surface area contributed by atoms with Crippen molar-refractivity contribution in [1.82, 2.24) is 0 Å². The number of rotatable bonds is 5. The molecule has 0 unspecified atom stereocenters. The van der Waals surface area contributed by atoms with Gasteiger partial charge in [0.25, 0.3) is 0 Å². The maximum atomic E-state index is 11.4. The van der Waals surface area contributed by atoms with Gasteiger partial charge in [-0.25, -0.2) is 9.59 Å². The summed E-state index contributed by atoms with van der Waals surface area (Å²) in [4.78, 5) is 33.0. The predicted molar refractivity (Wildman–Crippen MR) is 53.9 cm³/mol. The standard InChI is InChI=1S/C9H13ClO6/c1-9(2,16-6(11)4-10)8(13)15-5-7(12)14-3/h4-5H2,1-3H3. The Morgan fingerprint density at radius 1 is 1.19 bits per heavy atom. The number of methoxy groups -OCH3 is 1. The Morgan fingerprint density at radius 2 is 1.75 bits per heavy atom. The van der Waals surface area contributed by atoms with E-state index in [0.717, 1.165) is 7.11 Å². The van der Waals surface area contributed by atoms with Crippen molar-refractivity contribution in [2.45, 2.75) is 19.4 Å². The zero-order valence-electron chi connectivity index (χ0n) is 9.24. The number of halogens is 1. The first-order valence-electron chi connectivity index (χ1n) is 4.35. The number of alkyl halides is 1. The topological polar surface area (TPSA) is 78.9 Å². The van der Waals surface area contributed by atoms with E-state index in [9.17, 15) is 14.4 Å². The molecule has 0 aliphatic heterocycles. The van der Waals surface area contributed by atoms with Crippen molar-refractivity contribution in [2.75, 3.05) is 19.6 Å². The van der Waals surface area contributed by atoms with Gasteiger partial charge in [0, 0.05) is 0 Å². The highest BCUT2D eigenvalue weighted by molar-refractivity contribution is 6.26. The second-order valence-electron chi connectivity index (χ2n) is 3.27. The minimum atomic E-state index is -1.49. The molecule has 0 bridgehead atoms. The van der Waals surface area contributed by atoms with E-state index in [0.29, 0.717) is 0 Å². The summed E-state index contributed by atoms with van der Waals surface area (Å²) in [5, 5.41) is 0. The van der Waals surface area contributed by atoms with Crippen LogP contribution in [-0.2, 0) is 28.6 Å². The summed E-state index contributed by atoms with van der Waals surface area (Å²) < 4.78 is 13.6. The van der Waals surface area contributed by atoms with E-state index >= 15 is 0 Å². The lowest BCUT2D eigenvalue weighted by molar-refractivity contribution is -0.179. The Morgan fingerprint density at radius 3 is 2.19 bits per heavy atom. The summed E-state index contributed by atoms with van der Waals surface area (Å²) >= 11 is 5.21. The lowest BCUT2D eigenvalue weighted by atomic mass is 10.1. The molecule has 0 saturated heterocycles. The average molecular weight is 253 g/mol. The highest BCUT2D eigenvalue weighted by Crippen LogP contribution is 2.12. The van der Waals surface area contributed by atoms with Gasteiger partial charge in [-0.15, -0.1) is 11.6 Å². The van der Waals surface area contributed by atoms with Crippen molar-refractivity contribution >= 4 is 29.5 Å². The Hall–Kier alpha value is -1.30. The SMILES string of the molecule is COC(=O)COC(=O)C(C)(C)OC(=O)CCl. The van der Waals surface area contributed by atoms with Crippen molar-refractivity contribution < 1.29 is 28.6 Å². The van der Waals surface area contributed by atoms with Crippen LogP contribution in [0.3, 0.4) is 0 Å². The lowest BCUT2D eigenvalue weighted by Crippen LogP contribution is -2.40. The molecule has 16 heavy (non-hydrogen) atoms. The van der Waals surface area contributed by atoms with Crippen molar-refractivity contribution in [3.8, 4) is 0 Å². The third kappa shape index (κ3) is 4.97. The summed E-state index contributed by atoms with van der Waals surface area (Å²) in [7, 11) is 1.16. The third-order valence-electron chi connectivity index (χ3n) is 1.52. The highest BCUT2D eigenvalue weighted by atomic mass is 35.5. The summed E-state index contributed by atoms with van der Waals surface area (Å²) in [6.45, 7) is 2.13. The first kappa shape index (κ1) is 14.7. The number of hydrogen-bond donors (Lipinski definition) is 0. The molecule has 0 spiro atoms. The molecule has 92 valence electrons. The smallest absolute Gasteiger partial charge is 0.350 e. The number of ether oxygens (including phenoxy) is 3. The van der Waals surface area contributed by atoms with Crippen LogP contribution in [-0.4, -0.2) is 43.1 Å². The molecular formula is C9H13ClO6. The second kappa shape index (κ2) is 6.32. The quantitative estimate of drug-likeness (QED) is 0.397. The van der Waals surface area contributed by atoms with E-state index < -0.39 is 30.1 Å².